The zero-order valence-corrected chi connectivity index (χ0v) is 18.5. The molecular formula is C25H26ClNO3. The van der Waals surface area contributed by atoms with Crippen LogP contribution in [0.2, 0.25) is 5.02 Å². The van der Waals surface area contributed by atoms with Crippen LogP contribution in [-0.2, 0) is 9.53 Å². The van der Waals surface area contributed by atoms with E-state index in [1.807, 2.05) is 58.0 Å². The average Bonchev–Trinajstić information content (AvgIpc) is 3.50. The molecule has 1 unspecified atom stereocenters. The number of hydrogen-bond donors (Lipinski definition) is 1. The molecule has 5 heteroatoms. The smallest absolute Gasteiger partial charge is 0.337 e. The minimum absolute atomic E-state index is 0.546. The number of aryl methyl sites for hydroxylation is 1. The van der Waals surface area contributed by atoms with Gasteiger partial charge in [0.25, 0.3) is 0 Å². The number of carboxylic acids is 1. The van der Waals surface area contributed by atoms with Gasteiger partial charge in [0.15, 0.2) is 6.10 Å². The average molecular weight is 424 g/mol. The van der Waals surface area contributed by atoms with Crippen LogP contribution in [0.1, 0.15) is 62.5 Å². The standard InChI is InChI=1S/C25H26ClNO3/c1-14-13-20-18(11-12-19(27-20)15-5-6-15)22(16-7-9-17(26)10-8-16)21(14)23(24(28)29)30-25(2,3)4/h7-13,15,23H,5-6H2,1-4H3,(H,28,29). The van der Waals surface area contributed by atoms with E-state index in [4.69, 9.17) is 21.3 Å². The maximum atomic E-state index is 12.3. The van der Waals surface area contributed by atoms with E-state index in [1.54, 1.807) is 0 Å². The predicted octanol–water partition coefficient (Wildman–Crippen LogP) is 6.68. The fourth-order valence-electron chi connectivity index (χ4n) is 3.90. The lowest BCUT2D eigenvalue weighted by molar-refractivity contribution is -0.160. The molecule has 1 aliphatic carbocycles. The van der Waals surface area contributed by atoms with Gasteiger partial charge in [0.1, 0.15) is 0 Å². The Morgan fingerprint density at radius 3 is 2.40 bits per heavy atom. The summed E-state index contributed by atoms with van der Waals surface area (Å²) in [7, 11) is 0. The number of carbonyl (C=O) groups is 1. The SMILES string of the molecule is Cc1cc2nc(C3CC3)ccc2c(-c2ccc(Cl)cc2)c1C(OC(C)(C)C)C(=O)O. The summed E-state index contributed by atoms with van der Waals surface area (Å²) < 4.78 is 6.03. The first-order valence-corrected chi connectivity index (χ1v) is 10.6. The highest BCUT2D eigenvalue weighted by Gasteiger charge is 2.32. The molecule has 0 saturated heterocycles. The minimum Gasteiger partial charge on any atom is -0.479 e. The summed E-state index contributed by atoms with van der Waals surface area (Å²) in [5.74, 6) is -0.463. The van der Waals surface area contributed by atoms with Gasteiger partial charge in [-0.1, -0.05) is 29.8 Å². The second kappa shape index (κ2) is 7.68. The Labute approximate surface area is 181 Å². The Kier molecular flexibility index (Phi) is 5.33. The minimum atomic E-state index is -1.09. The van der Waals surface area contributed by atoms with Gasteiger partial charge in [-0.05, 0) is 81.5 Å². The maximum absolute atomic E-state index is 12.3. The highest BCUT2D eigenvalue weighted by atomic mass is 35.5. The number of nitrogens with zero attached hydrogens (tertiary/aromatic N) is 1. The third-order valence-electron chi connectivity index (χ3n) is 5.35. The first kappa shape index (κ1) is 20.8. The van der Waals surface area contributed by atoms with E-state index in [1.165, 1.54) is 12.8 Å². The number of fused-ring (bicyclic) bond motifs is 1. The van der Waals surface area contributed by atoms with E-state index < -0.39 is 17.7 Å². The Balaban J connectivity index is 2.01. The summed E-state index contributed by atoms with van der Waals surface area (Å²) >= 11 is 6.12. The van der Waals surface area contributed by atoms with E-state index in [0.717, 1.165) is 33.3 Å². The monoisotopic (exact) mass is 423 g/mol. The second-order valence-corrected chi connectivity index (χ2v) is 9.45. The molecule has 1 aliphatic rings. The quantitative estimate of drug-likeness (QED) is 0.497. The van der Waals surface area contributed by atoms with Gasteiger partial charge in [-0.15, -0.1) is 0 Å². The van der Waals surface area contributed by atoms with Crippen molar-refractivity contribution in [2.24, 2.45) is 0 Å². The Morgan fingerprint density at radius 2 is 1.83 bits per heavy atom. The van der Waals surface area contributed by atoms with Gasteiger partial charge < -0.3 is 9.84 Å². The molecule has 0 spiro atoms. The molecule has 0 amide bonds. The lowest BCUT2D eigenvalue weighted by atomic mass is 9.88. The van der Waals surface area contributed by atoms with Gasteiger partial charge in [-0.3, -0.25) is 4.98 Å². The summed E-state index contributed by atoms with van der Waals surface area (Å²) in [5, 5.41) is 11.6. The van der Waals surface area contributed by atoms with Crippen molar-refractivity contribution >= 4 is 28.5 Å². The molecular weight excluding hydrogens is 398 g/mol. The molecule has 1 atom stereocenters. The number of ether oxygens (including phenoxy) is 1. The van der Waals surface area contributed by atoms with Gasteiger partial charge in [0, 0.05) is 27.6 Å². The first-order valence-electron chi connectivity index (χ1n) is 10.2. The largest absolute Gasteiger partial charge is 0.479 e. The normalized spacial score (nSPS) is 15.4. The van der Waals surface area contributed by atoms with E-state index in [2.05, 4.69) is 12.1 Å². The van der Waals surface area contributed by atoms with E-state index in [9.17, 15) is 9.90 Å². The molecule has 1 heterocycles. The highest BCUT2D eigenvalue weighted by Crippen LogP contribution is 2.43. The third kappa shape index (κ3) is 4.21. The van der Waals surface area contributed by atoms with Gasteiger partial charge in [0.05, 0.1) is 11.1 Å². The molecule has 0 aliphatic heterocycles. The number of hydrogen-bond acceptors (Lipinski definition) is 3. The highest BCUT2D eigenvalue weighted by molar-refractivity contribution is 6.30. The van der Waals surface area contributed by atoms with Gasteiger partial charge in [-0.2, -0.15) is 0 Å². The van der Waals surface area contributed by atoms with Crippen molar-refractivity contribution in [3.63, 3.8) is 0 Å². The van der Waals surface area contributed by atoms with Crippen LogP contribution < -0.4 is 0 Å². The summed E-state index contributed by atoms with van der Waals surface area (Å²) in [6.45, 7) is 7.53. The maximum Gasteiger partial charge on any atom is 0.337 e. The van der Waals surface area contributed by atoms with Crippen molar-refractivity contribution in [1.82, 2.24) is 4.98 Å². The Bertz CT molecular complexity index is 1110. The third-order valence-corrected chi connectivity index (χ3v) is 5.60. The molecule has 0 bridgehead atoms. The number of rotatable bonds is 5. The van der Waals surface area contributed by atoms with Crippen LogP contribution in [0, 0.1) is 6.92 Å². The van der Waals surface area contributed by atoms with Crippen molar-refractivity contribution in [3.05, 3.63) is 64.3 Å². The van der Waals surface area contributed by atoms with Crippen molar-refractivity contribution in [2.75, 3.05) is 0 Å². The molecule has 30 heavy (non-hydrogen) atoms. The molecule has 0 radical (unpaired) electrons. The topological polar surface area (TPSA) is 59.4 Å². The lowest BCUT2D eigenvalue weighted by Gasteiger charge is -2.28. The molecule has 1 aromatic heterocycles. The van der Waals surface area contributed by atoms with Crippen molar-refractivity contribution in [3.8, 4) is 11.1 Å². The first-order chi connectivity index (χ1) is 14.1. The van der Waals surface area contributed by atoms with Crippen LogP contribution in [-0.4, -0.2) is 21.7 Å². The molecule has 1 fully saturated rings. The number of carboxylic acid groups (broad SMARTS) is 1. The van der Waals surface area contributed by atoms with Crippen LogP contribution in [0.3, 0.4) is 0 Å². The van der Waals surface area contributed by atoms with E-state index >= 15 is 0 Å². The zero-order chi connectivity index (χ0) is 21.6. The van der Waals surface area contributed by atoms with Crippen molar-refractivity contribution < 1.29 is 14.6 Å². The summed E-state index contributed by atoms with van der Waals surface area (Å²) in [6.07, 6.45) is 1.27. The fourth-order valence-corrected chi connectivity index (χ4v) is 4.02. The molecule has 1 saturated carbocycles. The molecule has 156 valence electrons. The van der Waals surface area contributed by atoms with Gasteiger partial charge >= 0.3 is 5.97 Å². The van der Waals surface area contributed by atoms with Crippen molar-refractivity contribution in [1.29, 1.82) is 0 Å². The van der Waals surface area contributed by atoms with E-state index in [-0.39, 0.29) is 0 Å². The van der Waals surface area contributed by atoms with Crippen LogP contribution in [0.5, 0.6) is 0 Å². The molecule has 3 aromatic rings. The number of benzene rings is 2. The zero-order valence-electron chi connectivity index (χ0n) is 17.7. The van der Waals surface area contributed by atoms with Crippen LogP contribution in [0.4, 0.5) is 0 Å². The second-order valence-electron chi connectivity index (χ2n) is 9.01. The number of halogens is 1. The van der Waals surface area contributed by atoms with Gasteiger partial charge in [-0.25, -0.2) is 4.79 Å². The molecule has 1 N–H and O–H groups in total. The van der Waals surface area contributed by atoms with Gasteiger partial charge in [0.2, 0.25) is 0 Å². The molecule has 4 rings (SSSR count). The number of aliphatic carboxylic acids is 1. The van der Waals surface area contributed by atoms with Crippen LogP contribution >= 0.6 is 11.6 Å². The molecule has 2 aromatic carbocycles. The fraction of sp³-hybridized carbons (Fsp3) is 0.360. The summed E-state index contributed by atoms with van der Waals surface area (Å²) in [4.78, 5) is 17.2. The van der Waals surface area contributed by atoms with Crippen LogP contribution in [0.25, 0.3) is 22.0 Å². The molecule has 4 nitrogen and oxygen atoms in total. The summed E-state index contributed by atoms with van der Waals surface area (Å²) in [5.41, 5.74) is 4.62. The number of pyridine rings is 1. The van der Waals surface area contributed by atoms with Crippen molar-refractivity contribution in [2.45, 2.75) is 58.2 Å². The summed E-state index contributed by atoms with van der Waals surface area (Å²) in [6, 6.07) is 13.6. The Morgan fingerprint density at radius 1 is 1.17 bits per heavy atom. The van der Waals surface area contributed by atoms with Crippen LogP contribution in [0.15, 0.2) is 42.5 Å². The Hall–Kier alpha value is -2.43. The predicted molar refractivity (Wildman–Crippen MR) is 120 cm³/mol. The number of aromatic nitrogens is 1. The lowest BCUT2D eigenvalue weighted by Crippen LogP contribution is -2.28. The van der Waals surface area contributed by atoms with E-state index in [0.29, 0.717) is 16.5 Å².